The quantitative estimate of drug-likeness (QED) is 0.514. The minimum absolute atomic E-state index is 0.177. The maximum Gasteiger partial charge on any atom is 0.416 e. The Hall–Kier alpha value is -1.81. The number of nitrogens with zero attached hydrogens (tertiary/aromatic N) is 1. The molecule has 10 heteroatoms. The molecule has 0 N–H and O–H groups in total. The van der Waals surface area contributed by atoms with Crippen LogP contribution in [0.2, 0.25) is 0 Å². The molecule has 1 rings (SSSR count). The van der Waals surface area contributed by atoms with E-state index in [0.29, 0.717) is 17.2 Å². The van der Waals surface area contributed by atoms with E-state index in [-0.39, 0.29) is 5.69 Å². The standard InChI is InChI=1S/C10H10F3NO5S/c1-14(19-20(16)17)8-4-3-6(10(11,12)13)5-7(8)9(15)18-2/h3-5,20H,1-2H3. The van der Waals surface area contributed by atoms with Gasteiger partial charge in [0.1, 0.15) is 0 Å². The third-order valence-corrected chi connectivity index (χ3v) is 2.64. The molecule has 0 aliphatic carbocycles. The van der Waals surface area contributed by atoms with Crippen molar-refractivity contribution in [2.24, 2.45) is 0 Å². The topological polar surface area (TPSA) is 72.9 Å². The predicted octanol–water partition coefficient (Wildman–Crippen LogP) is 1.39. The molecule has 0 aliphatic rings. The summed E-state index contributed by atoms with van der Waals surface area (Å²) in [5, 5.41) is 0.651. The van der Waals surface area contributed by atoms with Crippen molar-refractivity contribution in [3.05, 3.63) is 29.3 Å². The number of halogens is 3. The number of rotatable bonds is 4. The van der Waals surface area contributed by atoms with Gasteiger partial charge in [0.2, 0.25) is 0 Å². The van der Waals surface area contributed by atoms with E-state index in [4.69, 9.17) is 0 Å². The first-order valence-electron chi connectivity index (χ1n) is 5.02. The highest BCUT2D eigenvalue weighted by atomic mass is 32.2. The molecule has 0 spiro atoms. The molecule has 0 heterocycles. The Morgan fingerprint density at radius 1 is 1.30 bits per heavy atom. The van der Waals surface area contributed by atoms with Gasteiger partial charge in [-0.15, -0.1) is 0 Å². The van der Waals surface area contributed by atoms with Gasteiger partial charge in [-0.3, -0.25) is 0 Å². The van der Waals surface area contributed by atoms with Crippen molar-refractivity contribution in [3.8, 4) is 0 Å². The third-order valence-electron chi connectivity index (χ3n) is 2.26. The molecule has 1 aromatic rings. The zero-order valence-corrected chi connectivity index (χ0v) is 11.2. The third kappa shape index (κ3) is 3.84. The van der Waals surface area contributed by atoms with Gasteiger partial charge in [0, 0.05) is 7.05 Å². The molecule has 0 saturated carbocycles. The summed E-state index contributed by atoms with van der Waals surface area (Å²) in [6.07, 6.45) is -4.65. The van der Waals surface area contributed by atoms with Gasteiger partial charge < -0.3 is 4.74 Å². The lowest BCUT2D eigenvalue weighted by Gasteiger charge is -2.18. The van der Waals surface area contributed by atoms with Crippen molar-refractivity contribution in [2.75, 3.05) is 19.2 Å². The number of anilines is 1. The van der Waals surface area contributed by atoms with Gasteiger partial charge in [-0.25, -0.2) is 18.3 Å². The number of thiol groups is 1. The number of hydrogen-bond acceptors (Lipinski definition) is 6. The van der Waals surface area contributed by atoms with Crippen LogP contribution in [-0.2, 0) is 26.2 Å². The average molecular weight is 313 g/mol. The molecular formula is C10H10F3NO5S. The molecule has 0 aromatic heterocycles. The fourth-order valence-electron chi connectivity index (χ4n) is 1.40. The molecule has 0 atom stereocenters. The average Bonchev–Trinajstić information content (AvgIpc) is 2.35. The number of hydrogen-bond donors (Lipinski definition) is 1. The summed E-state index contributed by atoms with van der Waals surface area (Å²) in [7, 11) is -1.17. The van der Waals surface area contributed by atoms with Gasteiger partial charge in [-0.2, -0.15) is 17.5 Å². The maximum absolute atomic E-state index is 12.6. The normalized spacial score (nSPS) is 11.5. The van der Waals surface area contributed by atoms with Crippen molar-refractivity contribution in [1.29, 1.82) is 0 Å². The van der Waals surface area contributed by atoms with Gasteiger partial charge in [0.15, 0.2) is 0 Å². The number of esters is 1. The van der Waals surface area contributed by atoms with Crippen LogP contribution in [0.3, 0.4) is 0 Å². The molecular weight excluding hydrogens is 303 g/mol. The minimum atomic E-state index is -4.65. The fourth-order valence-corrected chi connectivity index (χ4v) is 1.69. The van der Waals surface area contributed by atoms with Crippen molar-refractivity contribution in [1.82, 2.24) is 0 Å². The van der Waals surface area contributed by atoms with Crippen LogP contribution in [0.25, 0.3) is 0 Å². The summed E-state index contributed by atoms with van der Waals surface area (Å²) in [6.45, 7) is 0. The molecule has 0 aliphatic heterocycles. The monoisotopic (exact) mass is 313 g/mol. The van der Waals surface area contributed by atoms with Gasteiger partial charge in [0.05, 0.1) is 23.9 Å². The van der Waals surface area contributed by atoms with E-state index in [2.05, 4.69) is 9.02 Å². The van der Waals surface area contributed by atoms with Crippen molar-refractivity contribution < 1.29 is 35.4 Å². The first kappa shape index (κ1) is 16.2. The Morgan fingerprint density at radius 3 is 2.35 bits per heavy atom. The van der Waals surface area contributed by atoms with Crippen LogP contribution >= 0.6 is 0 Å². The SMILES string of the molecule is COC(=O)c1cc(C(F)(F)F)ccc1N(C)O[SH](=O)=O. The highest BCUT2D eigenvalue weighted by Gasteiger charge is 2.32. The zero-order chi connectivity index (χ0) is 15.5. The van der Waals surface area contributed by atoms with Gasteiger partial charge in [-0.05, 0) is 18.2 Å². The number of benzene rings is 1. The first-order chi connectivity index (χ1) is 9.16. The van der Waals surface area contributed by atoms with E-state index in [1.165, 1.54) is 0 Å². The highest BCUT2D eigenvalue weighted by molar-refractivity contribution is 7.67. The van der Waals surface area contributed by atoms with Crippen LogP contribution < -0.4 is 5.06 Å². The lowest BCUT2D eigenvalue weighted by Crippen LogP contribution is -2.21. The van der Waals surface area contributed by atoms with E-state index in [1.807, 2.05) is 0 Å². The van der Waals surface area contributed by atoms with E-state index < -0.39 is 34.3 Å². The molecule has 112 valence electrons. The highest BCUT2D eigenvalue weighted by Crippen LogP contribution is 2.33. The predicted molar refractivity (Wildman–Crippen MR) is 62.6 cm³/mol. The summed E-state index contributed by atoms with van der Waals surface area (Å²) < 4.78 is 67.3. The van der Waals surface area contributed by atoms with Gasteiger partial charge in [0.25, 0.3) is 11.0 Å². The summed E-state index contributed by atoms with van der Waals surface area (Å²) in [5.74, 6) is -1.05. The summed E-state index contributed by atoms with van der Waals surface area (Å²) in [5.41, 5.74) is -1.72. The summed E-state index contributed by atoms with van der Waals surface area (Å²) in [6, 6.07) is 2.16. The molecule has 0 bridgehead atoms. The van der Waals surface area contributed by atoms with Crippen molar-refractivity contribution in [3.63, 3.8) is 0 Å². The van der Waals surface area contributed by atoms with E-state index in [9.17, 15) is 26.4 Å². The number of ether oxygens (including phenoxy) is 1. The van der Waals surface area contributed by atoms with Gasteiger partial charge >= 0.3 is 12.1 Å². The molecule has 0 amide bonds. The smallest absolute Gasteiger partial charge is 0.416 e. The van der Waals surface area contributed by atoms with Crippen LogP contribution in [0.1, 0.15) is 15.9 Å². The summed E-state index contributed by atoms with van der Waals surface area (Å²) in [4.78, 5) is 11.5. The van der Waals surface area contributed by atoms with Crippen molar-refractivity contribution in [2.45, 2.75) is 6.18 Å². The zero-order valence-electron chi connectivity index (χ0n) is 10.3. The van der Waals surface area contributed by atoms with E-state index >= 15 is 0 Å². The number of methoxy groups -OCH3 is 1. The van der Waals surface area contributed by atoms with Crippen LogP contribution in [0, 0.1) is 0 Å². The van der Waals surface area contributed by atoms with Crippen LogP contribution in [0.5, 0.6) is 0 Å². The second kappa shape index (κ2) is 6.09. The molecule has 6 nitrogen and oxygen atoms in total. The molecule has 0 radical (unpaired) electrons. The molecule has 0 saturated heterocycles. The Kier molecular flexibility index (Phi) is 4.95. The van der Waals surface area contributed by atoms with E-state index in [0.717, 1.165) is 20.2 Å². The number of carbonyl (C=O) groups is 1. The number of hydroxylamine groups is 1. The Balaban J connectivity index is 3.34. The van der Waals surface area contributed by atoms with Crippen LogP contribution in [0.4, 0.5) is 18.9 Å². The minimum Gasteiger partial charge on any atom is -0.465 e. The molecule has 0 fully saturated rings. The van der Waals surface area contributed by atoms with Crippen LogP contribution in [-0.4, -0.2) is 28.5 Å². The van der Waals surface area contributed by atoms with Crippen LogP contribution in [0.15, 0.2) is 18.2 Å². The largest absolute Gasteiger partial charge is 0.465 e. The number of carbonyl (C=O) groups excluding carboxylic acids is 1. The lowest BCUT2D eigenvalue weighted by molar-refractivity contribution is -0.137. The Bertz CT molecular complexity index is 577. The van der Waals surface area contributed by atoms with Gasteiger partial charge in [-0.1, -0.05) is 0 Å². The number of alkyl halides is 3. The molecule has 20 heavy (non-hydrogen) atoms. The lowest BCUT2D eigenvalue weighted by atomic mass is 10.1. The summed E-state index contributed by atoms with van der Waals surface area (Å²) >= 11 is 0. The van der Waals surface area contributed by atoms with E-state index in [1.54, 1.807) is 0 Å². The Labute approximate surface area is 113 Å². The first-order valence-corrected chi connectivity index (χ1v) is 6.12. The van der Waals surface area contributed by atoms with Crippen molar-refractivity contribution >= 4 is 22.6 Å². The second-order valence-corrected chi connectivity index (χ2v) is 4.13. The molecule has 0 unspecified atom stereocenters. The molecule has 1 aromatic carbocycles. The maximum atomic E-state index is 12.6. The Morgan fingerprint density at radius 2 is 1.90 bits per heavy atom. The fraction of sp³-hybridized carbons (Fsp3) is 0.300. The second-order valence-electron chi connectivity index (χ2n) is 3.52.